The van der Waals surface area contributed by atoms with Gasteiger partial charge in [0.1, 0.15) is 5.75 Å². The van der Waals surface area contributed by atoms with Crippen molar-refractivity contribution in [3.8, 4) is 11.8 Å². The molecule has 0 aliphatic heterocycles. The average molecular weight is 303 g/mol. The second kappa shape index (κ2) is 7.21. The number of hydrogen-bond acceptors (Lipinski definition) is 7. The van der Waals surface area contributed by atoms with E-state index in [9.17, 15) is 4.79 Å². The number of carbonyl (C=O) groups excluding carboxylic acids is 1. The molecule has 1 N–H and O–H groups in total. The molecule has 1 aromatic heterocycles. The lowest BCUT2D eigenvalue weighted by atomic mass is 10.3. The lowest BCUT2D eigenvalue weighted by molar-refractivity contribution is 0.215. The molecule has 0 aliphatic carbocycles. The van der Waals surface area contributed by atoms with Crippen molar-refractivity contribution in [2.24, 2.45) is 0 Å². The number of para-hydroxylation sites is 1. The highest BCUT2D eigenvalue weighted by molar-refractivity contribution is 5.84. The molecule has 22 heavy (non-hydrogen) atoms. The second-order valence-corrected chi connectivity index (χ2v) is 4.40. The molecular formula is C14H17N5O3. The Morgan fingerprint density at radius 3 is 2.55 bits per heavy atom. The highest BCUT2D eigenvalue weighted by atomic mass is 16.6. The number of hydrogen-bond donors (Lipinski definition) is 1. The molecule has 1 aromatic carbocycles. The van der Waals surface area contributed by atoms with Gasteiger partial charge in [0.05, 0.1) is 6.61 Å². The van der Waals surface area contributed by atoms with Crippen LogP contribution in [0.25, 0.3) is 0 Å². The summed E-state index contributed by atoms with van der Waals surface area (Å²) in [6, 6.07) is 8.84. The Balaban J connectivity index is 2.12. The largest absolute Gasteiger partial charge is 0.464 e. The summed E-state index contributed by atoms with van der Waals surface area (Å²) in [5, 5.41) is 2.45. The minimum atomic E-state index is -0.690. The fourth-order valence-corrected chi connectivity index (χ4v) is 1.51. The summed E-state index contributed by atoms with van der Waals surface area (Å²) < 4.78 is 10.4. The molecule has 2 rings (SSSR count). The molecule has 1 amide bonds. The maximum absolute atomic E-state index is 11.8. The van der Waals surface area contributed by atoms with E-state index < -0.39 is 6.09 Å². The van der Waals surface area contributed by atoms with Crippen LogP contribution in [0.2, 0.25) is 0 Å². The first-order valence-corrected chi connectivity index (χ1v) is 6.68. The van der Waals surface area contributed by atoms with Crippen LogP contribution in [0, 0.1) is 0 Å². The van der Waals surface area contributed by atoms with E-state index in [2.05, 4.69) is 20.3 Å². The van der Waals surface area contributed by atoms with E-state index in [0.29, 0.717) is 18.3 Å². The van der Waals surface area contributed by atoms with Crippen molar-refractivity contribution in [3.05, 3.63) is 30.3 Å². The van der Waals surface area contributed by atoms with E-state index in [1.54, 1.807) is 43.3 Å². The first-order chi connectivity index (χ1) is 10.6. The van der Waals surface area contributed by atoms with Crippen LogP contribution in [0.3, 0.4) is 0 Å². The van der Waals surface area contributed by atoms with Crippen molar-refractivity contribution in [1.29, 1.82) is 0 Å². The van der Waals surface area contributed by atoms with Gasteiger partial charge in [-0.15, -0.1) is 0 Å². The number of rotatable bonds is 5. The van der Waals surface area contributed by atoms with Crippen molar-refractivity contribution in [2.45, 2.75) is 6.92 Å². The van der Waals surface area contributed by atoms with Crippen LogP contribution in [0.4, 0.5) is 16.7 Å². The van der Waals surface area contributed by atoms with Gasteiger partial charge in [-0.3, -0.25) is 5.32 Å². The second-order valence-electron chi connectivity index (χ2n) is 4.40. The summed E-state index contributed by atoms with van der Waals surface area (Å²) in [4.78, 5) is 25.7. The molecule has 8 heteroatoms. The van der Waals surface area contributed by atoms with Gasteiger partial charge >= 0.3 is 12.1 Å². The minimum Gasteiger partial charge on any atom is -0.464 e. The van der Waals surface area contributed by atoms with E-state index in [1.165, 1.54) is 0 Å². The molecule has 0 aliphatic rings. The van der Waals surface area contributed by atoms with E-state index in [0.717, 1.165) is 0 Å². The molecule has 0 radical (unpaired) electrons. The maximum Gasteiger partial charge on any atom is 0.419 e. The van der Waals surface area contributed by atoms with Crippen LogP contribution in [0.1, 0.15) is 6.92 Å². The van der Waals surface area contributed by atoms with Gasteiger partial charge in [0.15, 0.2) is 0 Å². The zero-order valence-electron chi connectivity index (χ0n) is 12.6. The van der Waals surface area contributed by atoms with Gasteiger partial charge in [-0.25, -0.2) is 4.79 Å². The van der Waals surface area contributed by atoms with Crippen LogP contribution in [-0.2, 0) is 0 Å². The van der Waals surface area contributed by atoms with Gasteiger partial charge < -0.3 is 14.4 Å². The Labute approximate surface area is 128 Å². The predicted molar refractivity (Wildman–Crippen MR) is 81.4 cm³/mol. The number of ether oxygens (including phenoxy) is 2. The summed E-state index contributed by atoms with van der Waals surface area (Å²) in [7, 11) is 3.55. The van der Waals surface area contributed by atoms with E-state index >= 15 is 0 Å². The Morgan fingerprint density at radius 2 is 1.91 bits per heavy atom. The quantitative estimate of drug-likeness (QED) is 0.902. The summed E-state index contributed by atoms with van der Waals surface area (Å²) >= 11 is 0. The highest BCUT2D eigenvalue weighted by Crippen LogP contribution is 2.14. The summed E-state index contributed by atoms with van der Waals surface area (Å²) in [5.74, 6) is 0.850. The Bertz CT molecular complexity index is 634. The van der Waals surface area contributed by atoms with Crippen molar-refractivity contribution < 1.29 is 14.3 Å². The van der Waals surface area contributed by atoms with Crippen LogP contribution in [0.15, 0.2) is 30.3 Å². The number of nitrogens with zero attached hydrogens (tertiary/aromatic N) is 4. The third-order valence-electron chi connectivity index (χ3n) is 2.44. The van der Waals surface area contributed by atoms with Gasteiger partial charge in [0.25, 0.3) is 0 Å². The molecule has 0 fully saturated rings. The summed E-state index contributed by atoms with van der Waals surface area (Å²) in [6.07, 6.45) is -0.690. The zero-order chi connectivity index (χ0) is 15.9. The third kappa shape index (κ3) is 4.30. The lowest BCUT2D eigenvalue weighted by Gasteiger charge is -2.12. The Kier molecular flexibility index (Phi) is 5.07. The van der Waals surface area contributed by atoms with Crippen LogP contribution >= 0.6 is 0 Å². The van der Waals surface area contributed by atoms with Gasteiger partial charge in [-0.2, -0.15) is 15.0 Å². The molecule has 0 saturated carbocycles. The molecule has 116 valence electrons. The fourth-order valence-electron chi connectivity index (χ4n) is 1.51. The molecule has 0 atom stereocenters. The number of nitrogens with one attached hydrogen (secondary N) is 1. The topological polar surface area (TPSA) is 89.5 Å². The maximum atomic E-state index is 11.8. The van der Waals surface area contributed by atoms with Crippen LogP contribution < -0.4 is 19.7 Å². The number of aromatic nitrogens is 3. The summed E-state index contributed by atoms with van der Waals surface area (Å²) in [5.41, 5.74) is 0. The normalized spacial score (nSPS) is 9.95. The number of anilines is 2. The van der Waals surface area contributed by atoms with Gasteiger partial charge in [0, 0.05) is 14.1 Å². The number of carbonyl (C=O) groups is 1. The highest BCUT2D eigenvalue weighted by Gasteiger charge is 2.12. The van der Waals surface area contributed by atoms with Crippen molar-refractivity contribution in [1.82, 2.24) is 15.0 Å². The zero-order valence-corrected chi connectivity index (χ0v) is 12.6. The lowest BCUT2D eigenvalue weighted by Crippen LogP contribution is -2.21. The molecule has 2 aromatic rings. The van der Waals surface area contributed by atoms with Gasteiger partial charge in [0.2, 0.25) is 11.9 Å². The molecule has 0 unspecified atom stereocenters. The summed E-state index contributed by atoms with van der Waals surface area (Å²) in [6.45, 7) is 2.22. The molecule has 0 bridgehead atoms. The molecular weight excluding hydrogens is 286 g/mol. The third-order valence-corrected chi connectivity index (χ3v) is 2.44. The number of amides is 1. The van der Waals surface area contributed by atoms with E-state index in [4.69, 9.17) is 9.47 Å². The van der Waals surface area contributed by atoms with E-state index in [1.807, 2.05) is 13.0 Å². The standard InChI is InChI=1S/C14H17N5O3/c1-4-21-13-16-11(15-12(18-13)19(2)3)17-14(20)22-10-8-6-5-7-9-10/h5-9H,4H2,1-3H3,(H,15,16,17,18,20). The van der Waals surface area contributed by atoms with E-state index in [-0.39, 0.29) is 12.0 Å². The SMILES string of the molecule is CCOc1nc(NC(=O)Oc2ccccc2)nc(N(C)C)n1. The fraction of sp³-hybridized carbons (Fsp3) is 0.286. The minimum absolute atomic E-state index is 0.0584. The molecule has 0 spiro atoms. The predicted octanol–water partition coefficient (Wildman–Crippen LogP) is 1.95. The molecule has 8 nitrogen and oxygen atoms in total. The monoisotopic (exact) mass is 303 g/mol. The van der Waals surface area contributed by atoms with Crippen LogP contribution in [0.5, 0.6) is 11.8 Å². The Hall–Kier alpha value is -2.90. The molecule has 1 heterocycles. The average Bonchev–Trinajstić information content (AvgIpc) is 2.48. The first kappa shape index (κ1) is 15.5. The molecule has 0 saturated heterocycles. The van der Waals surface area contributed by atoms with Crippen molar-refractivity contribution in [3.63, 3.8) is 0 Å². The smallest absolute Gasteiger partial charge is 0.419 e. The number of benzene rings is 1. The van der Waals surface area contributed by atoms with Gasteiger partial charge in [-0.05, 0) is 19.1 Å². The first-order valence-electron chi connectivity index (χ1n) is 6.68. The van der Waals surface area contributed by atoms with Crippen LogP contribution in [-0.4, -0.2) is 41.7 Å². The Morgan fingerprint density at radius 1 is 1.18 bits per heavy atom. The van der Waals surface area contributed by atoms with Gasteiger partial charge in [-0.1, -0.05) is 18.2 Å². The van der Waals surface area contributed by atoms with Crippen molar-refractivity contribution in [2.75, 3.05) is 30.9 Å². The van der Waals surface area contributed by atoms with Crippen molar-refractivity contribution >= 4 is 18.0 Å².